The molecule has 2 aromatic rings. The van der Waals surface area contributed by atoms with Crippen molar-refractivity contribution < 1.29 is 14.9 Å². The van der Waals surface area contributed by atoms with E-state index in [4.69, 9.17) is 0 Å². The summed E-state index contributed by atoms with van der Waals surface area (Å²) in [5.74, 6) is 0.324. The van der Waals surface area contributed by atoms with Crippen LogP contribution in [0.4, 0.5) is 5.82 Å². The van der Waals surface area contributed by atoms with Gasteiger partial charge in [0.15, 0.2) is 13.1 Å². The topological polar surface area (TPSA) is 92.6 Å². The average molecular weight is 316 g/mol. The molecule has 0 bridgehead atoms. The Morgan fingerprint density at radius 2 is 1.78 bits per heavy atom. The third-order valence-electron chi connectivity index (χ3n) is 3.32. The summed E-state index contributed by atoms with van der Waals surface area (Å²) in [6.07, 6.45) is 0. The van der Waals surface area contributed by atoms with Gasteiger partial charge in [-0.2, -0.15) is 5.10 Å². The van der Waals surface area contributed by atoms with Crippen LogP contribution in [0.2, 0.25) is 0 Å². The van der Waals surface area contributed by atoms with Crippen molar-refractivity contribution in [2.24, 2.45) is 0 Å². The van der Waals surface area contributed by atoms with Gasteiger partial charge in [-0.15, -0.1) is 0 Å². The number of anilines is 1. The van der Waals surface area contributed by atoms with Crippen LogP contribution in [0, 0.1) is 13.8 Å². The molecule has 23 heavy (non-hydrogen) atoms. The fourth-order valence-electron chi connectivity index (χ4n) is 2.10. The zero-order valence-electron chi connectivity index (χ0n) is 13.6. The standard InChI is InChI=1S/C16H21N5O2/c1-11-4-6-13(7-5-11)21-14(8-12(2)20-21)19-16(23)10-18-9-15(22)17-3/h4-8,18H,9-10H2,1-3H3,(H,17,22)(H,19,23)/p+1. The minimum Gasteiger partial charge on any atom is -0.354 e. The first kappa shape index (κ1) is 16.7. The van der Waals surface area contributed by atoms with Crippen LogP contribution in [0.25, 0.3) is 5.69 Å². The van der Waals surface area contributed by atoms with Crippen LogP contribution in [0.5, 0.6) is 0 Å². The molecule has 0 aliphatic carbocycles. The molecular weight excluding hydrogens is 294 g/mol. The number of amides is 2. The number of carbonyl (C=O) groups is 2. The molecule has 0 saturated heterocycles. The maximum atomic E-state index is 12.0. The molecule has 7 nitrogen and oxygen atoms in total. The zero-order chi connectivity index (χ0) is 16.8. The monoisotopic (exact) mass is 316 g/mol. The van der Waals surface area contributed by atoms with Crippen molar-refractivity contribution in [3.8, 4) is 5.69 Å². The second-order valence-electron chi connectivity index (χ2n) is 5.34. The van der Waals surface area contributed by atoms with Gasteiger partial charge in [0, 0.05) is 13.1 Å². The summed E-state index contributed by atoms with van der Waals surface area (Å²) in [4.78, 5) is 23.1. The molecular formula is C16H22N5O2+. The highest BCUT2D eigenvalue weighted by Gasteiger charge is 2.12. The number of rotatable bonds is 6. The van der Waals surface area contributed by atoms with Gasteiger partial charge in [-0.1, -0.05) is 17.7 Å². The van der Waals surface area contributed by atoms with Crippen molar-refractivity contribution in [1.82, 2.24) is 15.1 Å². The molecule has 0 unspecified atom stereocenters. The van der Waals surface area contributed by atoms with Crippen molar-refractivity contribution in [2.75, 3.05) is 25.5 Å². The van der Waals surface area contributed by atoms with Crippen LogP contribution in [-0.2, 0) is 9.59 Å². The third-order valence-corrected chi connectivity index (χ3v) is 3.32. The Morgan fingerprint density at radius 1 is 1.13 bits per heavy atom. The van der Waals surface area contributed by atoms with Crippen LogP contribution in [0.15, 0.2) is 30.3 Å². The Kier molecular flexibility index (Phi) is 5.48. The lowest BCUT2D eigenvalue weighted by molar-refractivity contribution is -0.632. The summed E-state index contributed by atoms with van der Waals surface area (Å²) >= 11 is 0. The molecule has 1 aromatic heterocycles. The summed E-state index contributed by atoms with van der Waals surface area (Å²) < 4.78 is 1.70. The van der Waals surface area contributed by atoms with Crippen molar-refractivity contribution >= 4 is 17.6 Å². The number of aromatic nitrogens is 2. The molecule has 1 aromatic carbocycles. The van der Waals surface area contributed by atoms with Gasteiger partial charge in [-0.25, -0.2) is 4.68 Å². The number of hydrogen-bond acceptors (Lipinski definition) is 3. The number of likely N-dealkylation sites (N-methyl/N-ethyl adjacent to an activating group) is 1. The minimum absolute atomic E-state index is 0.113. The van der Waals surface area contributed by atoms with Gasteiger partial charge in [0.05, 0.1) is 11.4 Å². The van der Waals surface area contributed by atoms with Gasteiger partial charge in [-0.05, 0) is 26.0 Å². The maximum Gasteiger partial charge on any atom is 0.280 e. The van der Waals surface area contributed by atoms with E-state index in [2.05, 4.69) is 15.7 Å². The fraction of sp³-hybridized carbons (Fsp3) is 0.312. The number of carbonyl (C=O) groups excluding carboxylic acids is 2. The number of aryl methyl sites for hydroxylation is 2. The van der Waals surface area contributed by atoms with E-state index in [0.717, 1.165) is 16.9 Å². The second kappa shape index (κ2) is 7.55. The van der Waals surface area contributed by atoms with E-state index >= 15 is 0 Å². The smallest absolute Gasteiger partial charge is 0.280 e. The molecule has 0 aliphatic rings. The molecule has 2 amide bonds. The molecule has 0 radical (unpaired) electrons. The fourth-order valence-corrected chi connectivity index (χ4v) is 2.10. The van der Waals surface area contributed by atoms with E-state index in [1.54, 1.807) is 17.0 Å². The molecule has 122 valence electrons. The summed E-state index contributed by atoms with van der Waals surface area (Å²) in [7, 11) is 1.57. The van der Waals surface area contributed by atoms with Crippen LogP contribution in [-0.4, -0.2) is 41.7 Å². The van der Waals surface area contributed by atoms with Gasteiger partial charge in [0.2, 0.25) is 0 Å². The van der Waals surface area contributed by atoms with Gasteiger partial charge in [-0.3, -0.25) is 9.59 Å². The SMILES string of the molecule is CNC(=O)C[NH2+]CC(=O)Nc1cc(C)nn1-c1ccc(C)cc1. The molecule has 0 atom stereocenters. The Labute approximate surface area is 135 Å². The van der Waals surface area contributed by atoms with Crippen LogP contribution >= 0.6 is 0 Å². The largest absolute Gasteiger partial charge is 0.354 e. The lowest BCUT2D eigenvalue weighted by Crippen LogP contribution is -2.88. The molecule has 0 spiro atoms. The van der Waals surface area contributed by atoms with Crippen molar-refractivity contribution in [3.63, 3.8) is 0 Å². The van der Waals surface area contributed by atoms with Crippen LogP contribution < -0.4 is 16.0 Å². The maximum absolute atomic E-state index is 12.0. The number of quaternary nitrogens is 1. The Balaban J connectivity index is 2.04. The van der Waals surface area contributed by atoms with Gasteiger partial charge in [0.1, 0.15) is 5.82 Å². The van der Waals surface area contributed by atoms with Crippen molar-refractivity contribution in [2.45, 2.75) is 13.8 Å². The Bertz CT molecular complexity index is 691. The van der Waals surface area contributed by atoms with Gasteiger partial charge in [0.25, 0.3) is 11.8 Å². The van der Waals surface area contributed by atoms with Crippen LogP contribution in [0.1, 0.15) is 11.3 Å². The first-order valence-corrected chi connectivity index (χ1v) is 7.45. The highest BCUT2D eigenvalue weighted by atomic mass is 16.2. The lowest BCUT2D eigenvalue weighted by Gasteiger charge is -2.08. The zero-order valence-corrected chi connectivity index (χ0v) is 13.6. The molecule has 0 aliphatic heterocycles. The first-order chi connectivity index (χ1) is 11.0. The van der Waals surface area contributed by atoms with E-state index in [1.807, 2.05) is 44.2 Å². The second-order valence-corrected chi connectivity index (χ2v) is 5.34. The molecule has 1 heterocycles. The predicted octanol–water partition coefficient (Wildman–Crippen LogP) is -0.263. The highest BCUT2D eigenvalue weighted by molar-refractivity contribution is 5.91. The normalized spacial score (nSPS) is 10.4. The number of nitrogens with zero attached hydrogens (tertiary/aromatic N) is 2. The summed E-state index contributed by atoms with van der Waals surface area (Å²) in [5, 5.41) is 11.4. The number of benzene rings is 1. The highest BCUT2D eigenvalue weighted by Crippen LogP contribution is 2.17. The molecule has 4 N–H and O–H groups in total. The molecule has 0 fully saturated rings. The number of hydrogen-bond donors (Lipinski definition) is 3. The number of nitrogens with one attached hydrogen (secondary N) is 2. The van der Waals surface area contributed by atoms with E-state index < -0.39 is 0 Å². The van der Waals surface area contributed by atoms with Crippen molar-refractivity contribution in [3.05, 3.63) is 41.6 Å². The Morgan fingerprint density at radius 3 is 2.43 bits per heavy atom. The van der Waals surface area contributed by atoms with Gasteiger partial charge >= 0.3 is 0 Å². The molecule has 0 saturated carbocycles. The third kappa shape index (κ3) is 4.65. The Hall–Kier alpha value is -2.67. The number of nitrogens with two attached hydrogens (primary N) is 1. The summed E-state index contributed by atoms with van der Waals surface area (Å²) in [5.41, 5.74) is 2.86. The average Bonchev–Trinajstić information content (AvgIpc) is 2.88. The van der Waals surface area contributed by atoms with E-state index in [-0.39, 0.29) is 24.9 Å². The van der Waals surface area contributed by atoms with Gasteiger partial charge < -0.3 is 16.0 Å². The minimum atomic E-state index is -0.179. The van der Waals surface area contributed by atoms with Crippen molar-refractivity contribution in [1.29, 1.82) is 0 Å². The lowest BCUT2D eigenvalue weighted by atomic mass is 10.2. The summed E-state index contributed by atoms with van der Waals surface area (Å²) in [6.45, 7) is 4.28. The predicted molar refractivity (Wildman–Crippen MR) is 87.4 cm³/mol. The van der Waals surface area contributed by atoms with Crippen LogP contribution in [0.3, 0.4) is 0 Å². The summed E-state index contributed by atoms with van der Waals surface area (Å²) in [6, 6.07) is 9.71. The van der Waals surface area contributed by atoms with E-state index in [0.29, 0.717) is 5.82 Å². The first-order valence-electron chi connectivity index (χ1n) is 7.45. The molecule has 2 rings (SSSR count). The quantitative estimate of drug-likeness (QED) is 0.685. The molecule has 7 heteroatoms. The van der Waals surface area contributed by atoms with E-state index in [9.17, 15) is 9.59 Å². The van der Waals surface area contributed by atoms with E-state index in [1.165, 1.54) is 0 Å².